The van der Waals surface area contributed by atoms with Crippen LogP contribution in [0.25, 0.3) is 0 Å². The zero-order chi connectivity index (χ0) is 10.8. The second kappa shape index (κ2) is 4.28. The maximum atomic E-state index is 12.0. The lowest BCUT2D eigenvalue weighted by atomic mass is 9.83. The zero-order valence-electron chi connectivity index (χ0n) is 8.99. The van der Waals surface area contributed by atoms with Crippen LogP contribution in [-0.2, 0) is 4.79 Å². The van der Waals surface area contributed by atoms with E-state index in [4.69, 9.17) is 10.8 Å². The molecule has 2 atom stereocenters. The number of nitrogens with two attached hydrogens (primary N) is 1. The Bertz CT molecular complexity index is 220. The quantitative estimate of drug-likeness (QED) is 0.671. The molecule has 0 aromatic carbocycles. The van der Waals surface area contributed by atoms with E-state index >= 15 is 0 Å². The summed E-state index contributed by atoms with van der Waals surface area (Å²) in [7, 11) is 1.72. The van der Waals surface area contributed by atoms with Gasteiger partial charge in [0.15, 0.2) is 0 Å². The third-order valence-corrected chi connectivity index (χ3v) is 3.30. The Morgan fingerprint density at radius 3 is 2.79 bits per heavy atom. The number of likely N-dealkylation sites (N-methyl/N-ethyl adjacent to an activating group) is 1. The average molecular weight is 200 g/mol. The number of aliphatic hydroxyl groups is 1. The van der Waals surface area contributed by atoms with Crippen molar-refractivity contribution in [1.82, 2.24) is 4.90 Å². The predicted octanol–water partition coefficient (Wildman–Crippen LogP) is -0.0454. The minimum Gasteiger partial charge on any atom is -0.395 e. The van der Waals surface area contributed by atoms with E-state index in [-0.39, 0.29) is 18.6 Å². The van der Waals surface area contributed by atoms with Crippen LogP contribution in [0.15, 0.2) is 0 Å². The molecular weight excluding hydrogens is 180 g/mol. The van der Waals surface area contributed by atoms with Gasteiger partial charge in [-0.1, -0.05) is 6.42 Å². The number of carbonyl (C=O) groups is 1. The Hall–Kier alpha value is -0.610. The van der Waals surface area contributed by atoms with E-state index in [0.29, 0.717) is 6.54 Å². The van der Waals surface area contributed by atoms with Crippen LogP contribution >= 0.6 is 0 Å². The van der Waals surface area contributed by atoms with Crippen LogP contribution < -0.4 is 5.73 Å². The van der Waals surface area contributed by atoms with Crippen LogP contribution in [0.3, 0.4) is 0 Å². The molecule has 82 valence electrons. The van der Waals surface area contributed by atoms with Gasteiger partial charge in [0.25, 0.3) is 0 Å². The molecule has 1 aliphatic rings. The zero-order valence-corrected chi connectivity index (χ0v) is 8.99. The molecule has 1 saturated carbocycles. The van der Waals surface area contributed by atoms with Crippen molar-refractivity contribution >= 4 is 5.91 Å². The van der Waals surface area contributed by atoms with Crippen molar-refractivity contribution in [3.63, 3.8) is 0 Å². The highest BCUT2D eigenvalue weighted by atomic mass is 16.3. The second-order valence-electron chi connectivity index (χ2n) is 4.37. The van der Waals surface area contributed by atoms with Crippen LogP contribution in [0.2, 0.25) is 0 Å². The Kier molecular flexibility index (Phi) is 3.50. The van der Waals surface area contributed by atoms with Gasteiger partial charge in [-0.15, -0.1) is 0 Å². The van der Waals surface area contributed by atoms with Gasteiger partial charge in [0.05, 0.1) is 12.0 Å². The first-order valence-electron chi connectivity index (χ1n) is 5.14. The van der Waals surface area contributed by atoms with Gasteiger partial charge >= 0.3 is 0 Å². The van der Waals surface area contributed by atoms with Gasteiger partial charge in [0.2, 0.25) is 5.91 Å². The lowest BCUT2D eigenvalue weighted by molar-refractivity contribution is -0.140. The van der Waals surface area contributed by atoms with E-state index in [1.165, 1.54) is 0 Å². The highest BCUT2D eigenvalue weighted by Gasteiger charge is 2.44. The van der Waals surface area contributed by atoms with E-state index < -0.39 is 5.41 Å². The highest BCUT2D eigenvalue weighted by molar-refractivity contribution is 5.83. The molecule has 1 amide bonds. The summed E-state index contributed by atoms with van der Waals surface area (Å²) in [5.41, 5.74) is 5.53. The fourth-order valence-corrected chi connectivity index (χ4v) is 2.15. The van der Waals surface area contributed by atoms with Gasteiger partial charge in [-0.05, 0) is 19.8 Å². The number of aliphatic hydroxyl groups excluding tert-OH is 1. The van der Waals surface area contributed by atoms with Crippen molar-refractivity contribution < 1.29 is 9.90 Å². The molecule has 4 nitrogen and oxygen atoms in total. The van der Waals surface area contributed by atoms with E-state index in [2.05, 4.69) is 0 Å². The summed E-state index contributed by atoms with van der Waals surface area (Å²) in [5, 5.41) is 8.75. The molecule has 0 heterocycles. The normalized spacial score (nSPS) is 31.9. The molecule has 14 heavy (non-hydrogen) atoms. The maximum absolute atomic E-state index is 12.0. The molecule has 0 saturated heterocycles. The molecule has 4 heteroatoms. The summed E-state index contributed by atoms with van der Waals surface area (Å²) in [6.45, 7) is 2.33. The standard InChI is InChI=1S/C10H20N2O2/c1-10(5-3-4-8(10)11)9(14)12(2)6-7-13/h8,13H,3-7,11H2,1-2H3. The van der Waals surface area contributed by atoms with Gasteiger partial charge < -0.3 is 15.7 Å². The second-order valence-corrected chi connectivity index (χ2v) is 4.37. The molecule has 1 aliphatic carbocycles. The fourth-order valence-electron chi connectivity index (χ4n) is 2.15. The van der Waals surface area contributed by atoms with Gasteiger partial charge in [-0.25, -0.2) is 0 Å². The first-order valence-corrected chi connectivity index (χ1v) is 5.14. The van der Waals surface area contributed by atoms with Gasteiger partial charge in [0, 0.05) is 19.6 Å². The smallest absolute Gasteiger partial charge is 0.229 e. The van der Waals surface area contributed by atoms with E-state index in [1.807, 2.05) is 6.92 Å². The maximum Gasteiger partial charge on any atom is 0.229 e. The van der Waals surface area contributed by atoms with Crippen LogP contribution in [0.1, 0.15) is 26.2 Å². The monoisotopic (exact) mass is 200 g/mol. The van der Waals surface area contributed by atoms with Crippen LogP contribution in [0, 0.1) is 5.41 Å². The van der Waals surface area contributed by atoms with E-state index in [0.717, 1.165) is 19.3 Å². The summed E-state index contributed by atoms with van der Waals surface area (Å²) >= 11 is 0. The van der Waals surface area contributed by atoms with Crippen molar-refractivity contribution in [2.24, 2.45) is 11.1 Å². The average Bonchev–Trinajstić information content (AvgIpc) is 2.47. The molecule has 1 rings (SSSR count). The Labute approximate surface area is 85.1 Å². The summed E-state index contributed by atoms with van der Waals surface area (Å²) in [5.74, 6) is 0.0663. The van der Waals surface area contributed by atoms with Crippen molar-refractivity contribution in [3.05, 3.63) is 0 Å². The van der Waals surface area contributed by atoms with Crippen molar-refractivity contribution in [3.8, 4) is 0 Å². The number of hydrogen-bond donors (Lipinski definition) is 2. The Morgan fingerprint density at radius 1 is 1.71 bits per heavy atom. The molecule has 0 spiro atoms. The highest BCUT2D eigenvalue weighted by Crippen LogP contribution is 2.37. The molecule has 0 bridgehead atoms. The van der Waals surface area contributed by atoms with Gasteiger partial charge in [-0.3, -0.25) is 4.79 Å². The minimum atomic E-state index is -0.413. The fraction of sp³-hybridized carbons (Fsp3) is 0.900. The van der Waals surface area contributed by atoms with Crippen LogP contribution in [0.4, 0.5) is 0 Å². The van der Waals surface area contributed by atoms with Crippen molar-refractivity contribution in [1.29, 1.82) is 0 Å². The number of rotatable bonds is 3. The van der Waals surface area contributed by atoms with Crippen LogP contribution in [0.5, 0.6) is 0 Å². The molecule has 0 aromatic heterocycles. The number of hydrogen-bond acceptors (Lipinski definition) is 3. The van der Waals surface area contributed by atoms with Gasteiger partial charge in [-0.2, -0.15) is 0 Å². The first-order chi connectivity index (χ1) is 6.52. The largest absolute Gasteiger partial charge is 0.395 e. The summed E-state index contributed by atoms with van der Waals surface area (Å²) in [4.78, 5) is 13.6. The first kappa shape index (κ1) is 11.5. The SMILES string of the molecule is CN(CCO)C(=O)C1(C)CCCC1N. The topological polar surface area (TPSA) is 66.6 Å². The third kappa shape index (κ3) is 1.91. The van der Waals surface area contributed by atoms with Crippen LogP contribution in [-0.4, -0.2) is 42.2 Å². The van der Waals surface area contributed by atoms with Gasteiger partial charge in [0.1, 0.15) is 0 Å². The lowest BCUT2D eigenvalue weighted by Crippen LogP contribution is -2.48. The minimum absolute atomic E-state index is 0.00750. The summed E-state index contributed by atoms with van der Waals surface area (Å²) in [6, 6.07) is -0.0313. The summed E-state index contributed by atoms with van der Waals surface area (Å²) < 4.78 is 0. The lowest BCUT2D eigenvalue weighted by Gasteiger charge is -2.32. The molecular formula is C10H20N2O2. The Morgan fingerprint density at radius 2 is 2.36 bits per heavy atom. The molecule has 0 aromatic rings. The molecule has 1 fully saturated rings. The molecule has 0 radical (unpaired) electrons. The van der Waals surface area contributed by atoms with Crippen molar-refractivity contribution in [2.45, 2.75) is 32.2 Å². The Balaban J connectivity index is 2.67. The third-order valence-electron chi connectivity index (χ3n) is 3.30. The number of amides is 1. The molecule has 0 aliphatic heterocycles. The number of carbonyl (C=O) groups excluding carboxylic acids is 1. The molecule has 2 unspecified atom stereocenters. The van der Waals surface area contributed by atoms with E-state index in [1.54, 1.807) is 11.9 Å². The van der Waals surface area contributed by atoms with Crippen molar-refractivity contribution in [2.75, 3.05) is 20.2 Å². The van der Waals surface area contributed by atoms with E-state index in [9.17, 15) is 4.79 Å². The predicted molar refractivity (Wildman–Crippen MR) is 54.7 cm³/mol. The summed E-state index contributed by atoms with van der Waals surface area (Å²) in [6.07, 6.45) is 2.81. The number of nitrogens with zero attached hydrogens (tertiary/aromatic N) is 1. The molecule has 3 N–H and O–H groups in total.